The van der Waals surface area contributed by atoms with E-state index in [0.29, 0.717) is 11.9 Å². The number of aromatic nitrogens is 2. The van der Waals surface area contributed by atoms with Crippen LogP contribution in [0.3, 0.4) is 0 Å². The van der Waals surface area contributed by atoms with Gasteiger partial charge in [0, 0.05) is 25.8 Å². The first-order valence-electron chi connectivity index (χ1n) is 6.94. The highest BCUT2D eigenvalue weighted by Gasteiger charge is 2.08. The van der Waals surface area contributed by atoms with Gasteiger partial charge in [-0.25, -0.2) is 0 Å². The quantitative estimate of drug-likeness (QED) is 0.465. The Morgan fingerprint density at radius 3 is 2.63 bits per heavy atom. The summed E-state index contributed by atoms with van der Waals surface area (Å²) in [4.78, 5) is 4.27. The van der Waals surface area contributed by atoms with Gasteiger partial charge in [0.25, 0.3) is 0 Å². The molecule has 108 valence electrons. The van der Waals surface area contributed by atoms with Gasteiger partial charge in [0.2, 0.25) is 0 Å². The molecule has 19 heavy (non-hydrogen) atoms. The van der Waals surface area contributed by atoms with Gasteiger partial charge in [0.1, 0.15) is 0 Å². The molecule has 1 aromatic heterocycles. The minimum absolute atomic E-state index is 0.543. The summed E-state index contributed by atoms with van der Waals surface area (Å²) in [7, 11) is 1.99. The van der Waals surface area contributed by atoms with Gasteiger partial charge in [-0.15, -0.1) is 0 Å². The smallest absolute Gasteiger partial charge is 0.188 e. The van der Waals surface area contributed by atoms with Crippen LogP contribution in [0, 0.1) is 19.8 Å². The lowest BCUT2D eigenvalue weighted by Crippen LogP contribution is -2.33. The predicted molar refractivity (Wildman–Crippen MR) is 80.3 cm³/mol. The second-order valence-electron chi connectivity index (χ2n) is 5.42. The first-order chi connectivity index (χ1) is 8.91. The monoisotopic (exact) mass is 265 g/mol. The largest absolute Gasteiger partial charge is 0.370 e. The zero-order valence-electron chi connectivity index (χ0n) is 12.8. The van der Waals surface area contributed by atoms with Gasteiger partial charge in [-0.2, -0.15) is 5.10 Å². The first-order valence-corrected chi connectivity index (χ1v) is 6.94. The molecule has 0 amide bonds. The van der Waals surface area contributed by atoms with Crippen LogP contribution >= 0.6 is 0 Å². The number of hydrogen-bond acceptors (Lipinski definition) is 2. The Balaban J connectivity index is 2.33. The van der Waals surface area contributed by atoms with Crippen molar-refractivity contribution in [1.82, 2.24) is 15.1 Å². The van der Waals surface area contributed by atoms with Crippen LogP contribution in [0.15, 0.2) is 4.99 Å². The van der Waals surface area contributed by atoms with Gasteiger partial charge in [0.15, 0.2) is 5.96 Å². The van der Waals surface area contributed by atoms with Gasteiger partial charge < -0.3 is 11.1 Å². The summed E-state index contributed by atoms with van der Waals surface area (Å²) in [5.41, 5.74) is 9.51. The van der Waals surface area contributed by atoms with E-state index in [1.165, 1.54) is 11.3 Å². The molecular weight excluding hydrogens is 238 g/mol. The van der Waals surface area contributed by atoms with E-state index < -0.39 is 0 Å². The van der Waals surface area contributed by atoms with Gasteiger partial charge >= 0.3 is 0 Å². The maximum Gasteiger partial charge on any atom is 0.188 e. The van der Waals surface area contributed by atoms with Gasteiger partial charge in [-0.05, 0) is 38.2 Å². The van der Waals surface area contributed by atoms with Crippen molar-refractivity contribution in [3.05, 3.63) is 17.0 Å². The SMILES string of the molecule is Cc1nn(C)c(C)c1CCCNC(N)=NCC(C)C. The number of nitrogens with zero attached hydrogens (tertiary/aromatic N) is 3. The molecule has 0 atom stereocenters. The molecular formula is C14H27N5. The van der Waals surface area contributed by atoms with E-state index in [1.807, 2.05) is 11.7 Å². The zero-order valence-corrected chi connectivity index (χ0v) is 12.8. The van der Waals surface area contributed by atoms with Crippen LogP contribution in [0.4, 0.5) is 0 Å². The third kappa shape index (κ3) is 4.93. The summed E-state index contributed by atoms with van der Waals surface area (Å²) in [5, 5.41) is 7.58. The van der Waals surface area contributed by atoms with Crippen molar-refractivity contribution in [2.24, 2.45) is 23.7 Å². The Kier molecular flexibility index (Phi) is 5.86. The van der Waals surface area contributed by atoms with Crippen LogP contribution in [0.1, 0.15) is 37.2 Å². The zero-order chi connectivity index (χ0) is 14.4. The molecule has 0 saturated carbocycles. The van der Waals surface area contributed by atoms with Crippen LogP contribution in [0.25, 0.3) is 0 Å². The predicted octanol–water partition coefficient (Wildman–Crippen LogP) is 1.53. The van der Waals surface area contributed by atoms with E-state index in [1.54, 1.807) is 0 Å². The summed E-state index contributed by atoms with van der Waals surface area (Å²) in [5.74, 6) is 1.09. The van der Waals surface area contributed by atoms with Crippen molar-refractivity contribution in [2.75, 3.05) is 13.1 Å². The average Bonchev–Trinajstić information content (AvgIpc) is 2.57. The molecule has 0 saturated heterocycles. The maximum atomic E-state index is 5.79. The van der Waals surface area contributed by atoms with E-state index in [0.717, 1.165) is 31.6 Å². The first kappa shape index (κ1) is 15.5. The fraction of sp³-hybridized carbons (Fsp3) is 0.714. The molecule has 0 aromatic carbocycles. The number of rotatable bonds is 6. The van der Waals surface area contributed by atoms with E-state index in [-0.39, 0.29) is 0 Å². The fourth-order valence-corrected chi connectivity index (χ4v) is 2.00. The number of aliphatic imine (C=N–C) groups is 1. The third-order valence-corrected chi connectivity index (χ3v) is 3.20. The van der Waals surface area contributed by atoms with Gasteiger partial charge in [-0.3, -0.25) is 9.67 Å². The molecule has 0 aliphatic heterocycles. The summed E-state index contributed by atoms with van der Waals surface area (Å²) >= 11 is 0. The Bertz CT molecular complexity index is 431. The van der Waals surface area contributed by atoms with Crippen molar-refractivity contribution >= 4 is 5.96 Å². The molecule has 5 heteroatoms. The standard InChI is InChI=1S/C14H27N5/c1-10(2)9-17-14(15)16-8-6-7-13-11(3)18-19(5)12(13)4/h10H,6-9H2,1-5H3,(H3,15,16,17). The number of guanidine groups is 1. The third-order valence-electron chi connectivity index (χ3n) is 3.20. The summed E-state index contributed by atoms with van der Waals surface area (Å²) < 4.78 is 1.94. The molecule has 1 aromatic rings. The number of nitrogens with two attached hydrogens (primary N) is 1. The Morgan fingerprint density at radius 2 is 2.11 bits per heavy atom. The summed E-state index contributed by atoms with van der Waals surface area (Å²) in [6, 6.07) is 0. The molecule has 1 heterocycles. The molecule has 3 N–H and O–H groups in total. The Labute approximate surface area is 116 Å². The topological polar surface area (TPSA) is 68.2 Å². The highest BCUT2D eigenvalue weighted by molar-refractivity contribution is 5.77. The normalized spacial score (nSPS) is 12.2. The second-order valence-corrected chi connectivity index (χ2v) is 5.42. The highest BCUT2D eigenvalue weighted by atomic mass is 15.3. The van der Waals surface area contributed by atoms with Crippen molar-refractivity contribution in [2.45, 2.75) is 40.5 Å². The van der Waals surface area contributed by atoms with E-state index >= 15 is 0 Å². The lowest BCUT2D eigenvalue weighted by atomic mass is 10.1. The second kappa shape index (κ2) is 7.16. The molecule has 0 aliphatic carbocycles. The summed E-state index contributed by atoms with van der Waals surface area (Å²) in [6.45, 7) is 10.1. The van der Waals surface area contributed by atoms with E-state index in [4.69, 9.17) is 5.73 Å². The van der Waals surface area contributed by atoms with Gasteiger partial charge in [0.05, 0.1) is 5.69 Å². The van der Waals surface area contributed by atoms with Crippen molar-refractivity contribution in [3.8, 4) is 0 Å². The fourth-order valence-electron chi connectivity index (χ4n) is 2.00. The van der Waals surface area contributed by atoms with Gasteiger partial charge in [-0.1, -0.05) is 13.8 Å². The minimum atomic E-state index is 0.543. The maximum absolute atomic E-state index is 5.79. The van der Waals surface area contributed by atoms with Crippen LogP contribution in [-0.2, 0) is 13.5 Å². The number of hydrogen-bond donors (Lipinski definition) is 2. The van der Waals surface area contributed by atoms with Crippen LogP contribution in [-0.4, -0.2) is 28.8 Å². The molecule has 0 aliphatic rings. The summed E-state index contributed by atoms with van der Waals surface area (Å²) in [6.07, 6.45) is 2.06. The Hall–Kier alpha value is -1.52. The molecule has 0 radical (unpaired) electrons. The van der Waals surface area contributed by atoms with Crippen molar-refractivity contribution in [1.29, 1.82) is 0 Å². The Morgan fingerprint density at radius 1 is 1.42 bits per heavy atom. The molecule has 0 spiro atoms. The van der Waals surface area contributed by atoms with Crippen LogP contribution in [0.2, 0.25) is 0 Å². The van der Waals surface area contributed by atoms with Crippen molar-refractivity contribution in [3.63, 3.8) is 0 Å². The highest BCUT2D eigenvalue weighted by Crippen LogP contribution is 2.13. The lowest BCUT2D eigenvalue weighted by Gasteiger charge is -2.07. The number of nitrogens with one attached hydrogen (secondary N) is 1. The van der Waals surface area contributed by atoms with E-state index in [9.17, 15) is 0 Å². The molecule has 0 fully saturated rings. The molecule has 0 bridgehead atoms. The van der Waals surface area contributed by atoms with Crippen LogP contribution < -0.4 is 11.1 Å². The number of aryl methyl sites for hydroxylation is 2. The van der Waals surface area contributed by atoms with Crippen LogP contribution in [0.5, 0.6) is 0 Å². The van der Waals surface area contributed by atoms with E-state index in [2.05, 4.69) is 43.1 Å². The molecule has 0 unspecified atom stereocenters. The lowest BCUT2D eigenvalue weighted by molar-refractivity contribution is 0.659. The average molecular weight is 265 g/mol. The molecule has 5 nitrogen and oxygen atoms in total. The molecule has 1 rings (SSSR count). The van der Waals surface area contributed by atoms with Crippen molar-refractivity contribution < 1.29 is 0 Å². The minimum Gasteiger partial charge on any atom is -0.370 e.